The maximum absolute atomic E-state index is 11.8. The van der Waals surface area contributed by atoms with E-state index in [2.05, 4.69) is 21.9 Å². The molecule has 0 aliphatic carbocycles. The lowest BCUT2D eigenvalue weighted by Crippen LogP contribution is -2.47. The highest BCUT2D eigenvalue weighted by Gasteiger charge is 2.27. The van der Waals surface area contributed by atoms with Gasteiger partial charge in [0.25, 0.3) is 0 Å². The summed E-state index contributed by atoms with van der Waals surface area (Å²) in [6.45, 7) is 4.50. The van der Waals surface area contributed by atoms with Crippen LogP contribution in [0.15, 0.2) is 29.3 Å². The van der Waals surface area contributed by atoms with E-state index < -0.39 is 10.0 Å². The zero-order chi connectivity index (χ0) is 26.5. The van der Waals surface area contributed by atoms with Crippen molar-refractivity contribution in [3.8, 4) is 12.1 Å². The van der Waals surface area contributed by atoms with Crippen LogP contribution in [0, 0.1) is 22.7 Å². The van der Waals surface area contributed by atoms with Crippen LogP contribution in [0.2, 0.25) is 0 Å². The lowest BCUT2D eigenvalue weighted by molar-refractivity contribution is 0.0245. The number of benzene rings is 1. The summed E-state index contributed by atoms with van der Waals surface area (Å²) in [6.07, 6.45) is 1.71. The van der Waals surface area contributed by atoms with Crippen molar-refractivity contribution in [2.75, 3.05) is 62.8 Å². The molecule has 0 radical (unpaired) electrons. The lowest BCUT2D eigenvalue weighted by atomic mass is 10.0. The van der Waals surface area contributed by atoms with Gasteiger partial charge in [0.05, 0.1) is 35.8 Å². The average molecular weight is 529 g/mol. The van der Waals surface area contributed by atoms with Crippen molar-refractivity contribution in [1.29, 1.82) is 10.5 Å². The van der Waals surface area contributed by atoms with Crippen LogP contribution in [0.1, 0.15) is 29.2 Å². The van der Waals surface area contributed by atoms with Crippen molar-refractivity contribution in [2.45, 2.75) is 30.2 Å². The van der Waals surface area contributed by atoms with Crippen LogP contribution in [0.4, 0.5) is 11.5 Å². The van der Waals surface area contributed by atoms with Gasteiger partial charge in [0.2, 0.25) is 10.0 Å². The molecule has 0 N–H and O–H groups in total. The number of rotatable bonds is 9. The summed E-state index contributed by atoms with van der Waals surface area (Å²) in [5, 5.41) is 20.5. The zero-order valence-corrected chi connectivity index (χ0v) is 23.0. The molecule has 0 spiro atoms. The average Bonchev–Trinajstić information content (AvgIpc) is 2.85. The molecule has 1 unspecified atom stereocenters. The Morgan fingerprint density at radius 1 is 1.17 bits per heavy atom. The summed E-state index contributed by atoms with van der Waals surface area (Å²) in [7, 11) is 2.18. The first-order valence-electron chi connectivity index (χ1n) is 11.6. The van der Waals surface area contributed by atoms with Crippen LogP contribution in [-0.2, 0) is 26.9 Å². The number of ether oxygens (including phenoxy) is 1. The first kappa shape index (κ1) is 27.8. The van der Waals surface area contributed by atoms with E-state index in [0.717, 1.165) is 18.4 Å². The molecule has 2 heterocycles. The van der Waals surface area contributed by atoms with E-state index >= 15 is 0 Å². The first-order valence-corrected chi connectivity index (χ1v) is 14.5. The van der Waals surface area contributed by atoms with Gasteiger partial charge in [-0.25, -0.2) is 13.4 Å². The van der Waals surface area contributed by atoms with Gasteiger partial charge < -0.3 is 14.5 Å². The number of anilines is 2. The van der Waals surface area contributed by atoms with E-state index in [4.69, 9.17) is 9.72 Å². The second-order valence-electron chi connectivity index (χ2n) is 8.93. The van der Waals surface area contributed by atoms with Crippen molar-refractivity contribution in [3.63, 3.8) is 0 Å². The monoisotopic (exact) mass is 528 g/mol. The highest BCUT2D eigenvalue weighted by atomic mass is 32.2. The molecule has 192 valence electrons. The quantitative estimate of drug-likeness (QED) is 0.453. The van der Waals surface area contributed by atoms with Crippen LogP contribution >= 0.6 is 11.8 Å². The summed E-state index contributed by atoms with van der Waals surface area (Å²) >= 11 is 1.44. The molecule has 36 heavy (non-hydrogen) atoms. The molecule has 1 fully saturated rings. The third-order valence-corrected chi connectivity index (χ3v) is 8.26. The van der Waals surface area contributed by atoms with Crippen LogP contribution in [0.25, 0.3) is 0 Å². The number of likely N-dealkylation sites (N-methyl/N-ethyl adjacent to an activating group) is 1. The summed E-state index contributed by atoms with van der Waals surface area (Å²) < 4.78 is 30.7. The lowest BCUT2D eigenvalue weighted by Gasteiger charge is -2.35. The third kappa shape index (κ3) is 6.48. The van der Waals surface area contributed by atoms with E-state index in [9.17, 15) is 18.9 Å². The second kappa shape index (κ2) is 11.9. The zero-order valence-electron chi connectivity index (χ0n) is 21.4. The molecule has 1 saturated heterocycles. The number of hydrogen-bond acceptors (Lipinski definition) is 9. The minimum atomic E-state index is -3.33. The molecular weight excluding hydrogens is 496 g/mol. The number of thioether (sulfide) groups is 1. The molecule has 0 bridgehead atoms. The number of pyridine rings is 1. The number of morpholine rings is 1. The minimum absolute atomic E-state index is 0.00231. The second-order valence-corrected chi connectivity index (χ2v) is 11.9. The number of nitriles is 2. The molecule has 1 aliphatic heterocycles. The van der Waals surface area contributed by atoms with Crippen LogP contribution in [0.5, 0.6) is 0 Å². The van der Waals surface area contributed by atoms with Crippen molar-refractivity contribution in [3.05, 3.63) is 46.5 Å². The van der Waals surface area contributed by atoms with Gasteiger partial charge in [-0.05, 0) is 43.8 Å². The number of hydrogen-bond donors (Lipinski definition) is 0. The van der Waals surface area contributed by atoms with E-state index in [1.54, 1.807) is 12.1 Å². The number of sulfonamides is 1. The SMILES string of the molecule is CCc1c(C#N)c(SCc2ccc(N(C)S(C)(=O)=O)cc2)nc(N2CCOC(CN(C)C)C2)c1C#N. The molecule has 0 saturated carbocycles. The third-order valence-electron chi connectivity index (χ3n) is 6.01. The topological polar surface area (TPSA) is 114 Å². The first-order chi connectivity index (χ1) is 17.1. The van der Waals surface area contributed by atoms with Gasteiger partial charge in [-0.3, -0.25) is 4.31 Å². The molecule has 11 heteroatoms. The summed E-state index contributed by atoms with van der Waals surface area (Å²) in [4.78, 5) is 9.01. The molecule has 1 aromatic carbocycles. The Labute approximate surface area is 218 Å². The van der Waals surface area contributed by atoms with Gasteiger partial charge in [0.1, 0.15) is 23.0 Å². The Hall–Kier alpha value is -2.83. The summed E-state index contributed by atoms with van der Waals surface area (Å²) in [5.41, 5.74) is 3.16. The number of aromatic nitrogens is 1. The Balaban J connectivity index is 1.91. The molecule has 0 amide bonds. The normalized spacial score (nSPS) is 16.0. The molecular formula is C25H32N6O3S2. The standard InChI is InChI=1S/C25H32N6O3S2/c1-6-21-22(13-26)24(31-11-12-34-20(16-31)15-29(2)3)28-25(23(21)14-27)35-17-18-7-9-19(10-8-18)30(4)36(5,32)33/h7-10,20H,6,11-12,15-17H2,1-5H3. The highest BCUT2D eigenvalue weighted by Crippen LogP contribution is 2.34. The van der Waals surface area contributed by atoms with Gasteiger partial charge in [0.15, 0.2) is 0 Å². The molecule has 9 nitrogen and oxygen atoms in total. The Morgan fingerprint density at radius 2 is 1.83 bits per heavy atom. The Kier molecular flexibility index (Phi) is 9.20. The molecule has 1 atom stereocenters. The molecule has 1 aromatic heterocycles. The Bertz CT molecular complexity index is 1270. The molecule has 1 aliphatic rings. The van der Waals surface area contributed by atoms with Crippen molar-refractivity contribution >= 4 is 33.3 Å². The summed E-state index contributed by atoms with van der Waals surface area (Å²) in [6, 6.07) is 11.8. The van der Waals surface area contributed by atoms with E-state index in [1.807, 2.05) is 33.2 Å². The maximum atomic E-state index is 11.8. The van der Waals surface area contributed by atoms with Crippen LogP contribution in [0.3, 0.4) is 0 Å². The number of nitrogens with zero attached hydrogens (tertiary/aromatic N) is 6. The fourth-order valence-electron chi connectivity index (χ4n) is 4.09. The predicted octanol–water partition coefficient (Wildman–Crippen LogP) is 2.84. The summed E-state index contributed by atoms with van der Waals surface area (Å²) in [5.74, 6) is 1.15. The van der Waals surface area contributed by atoms with Gasteiger partial charge in [0, 0.05) is 32.4 Å². The van der Waals surface area contributed by atoms with Gasteiger partial charge in [-0.2, -0.15) is 10.5 Å². The van der Waals surface area contributed by atoms with Gasteiger partial charge in [-0.15, -0.1) is 11.8 Å². The van der Waals surface area contributed by atoms with Crippen LogP contribution in [-0.4, -0.2) is 78.0 Å². The fourth-order valence-corrected chi connectivity index (χ4v) is 5.56. The smallest absolute Gasteiger partial charge is 0.231 e. The van der Waals surface area contributed by atoms with Crippen LogP contribution < -0.4 is 9.21 Å². The minimum Gasteiger partial charge on any atom is -0.373 e. The molecule has 2 aromatic rings. The highest BCUT2D eigenvalue weighted by molar-refractivity contribution is 7.98. The fraction of sp³-hybridized carbons (Fsp3) is 0.480. The molecule has 3 rings (SSSR count). The van der Waals surface area contributed by atoms with Gasteiger partial charge in [-0.1, -0.05) is 19.1 Å². The maximum Gasteiger partial charge on any atom is 0.231 e. The van der Waals surface area contributed by atoms with E-state index in [1.165, 1.54) is 23.1 Å². The van der Waals surface area contributed by atoms with E-state index in [0.29, 0.717) is 65.1 Å². The van der Waals surface area contributed by atoms with Gasteiger partial charge >= 0.3 is 0 Å². The van der Waals surface area contributed by atoms with Crippen molar-refractivity contribution in [1.82, 2.24) is 9.88 Å². The van der Waals surface area contributed by atoms with Crippen molar-refractivity contribution in [2.24, 2.45) is 0 Å². The van der Waals surface area contributed by atoms with E-state index in [-0.39, 0.29) is 6.10 Å². The predicted molar refractivity (Wildman–Crippen MR) is 143 cm³/mol. The Morgan fingerprint density at radius 3 is 2.39 bits per heavy atom. The largest absolute Gasteiger partial charge is 0.373 e. The van der Waals surface area contributed by atoms with Crippen molar-refractivity contribution < 1.29 is 13.2 Å².